The van der Waals surface area contributed by atoms with Gasteiger partial charge in [-0.3, -0.25) is 4.90 Å². The van der Waals surface area contributed by atoms with Crippen LogP contribution in [0.2, 0.25) is 0 Å². The van der Waals surface area contributed by atoms with Crippen LogP contribution in [0.3, 0.4) is 0 Å². The van der Waals surface area contributed by atoms with Crippen LogP contribution in [0.1, 0.15) is 0 Å². The van der Waals surface area contributed by atoms with Gasteiger partial charge >= 0.3 is 0 Å². The molecule has 3 nitrogen and oxygen atoms in total. The van der Waals surface area contributed by atoms with E-state index in [0.717, 1.165) is 6.54 Å². The summed E-state index contributed by atoms with van der Waals surface area (Å²) in [5.41, 5.74) is 0. The van der Waals surface area contributed by atoms with Gasteiger partial charge in [-0.05, 0) is 0 Å². The summed E-state index contributed by atoms with van der Waals surface area (Å²) in [6.07, 6.45) is 1.76. The molecule has 2 N–H and O–H groups in total. The van der Waals surface area contributed by atoms with Crippen LogP contribution >= 0.6 is 0 Å². The van der Waals surface area contributed by atoms with E-state index in [-0.39, 0.29) is 13.2 Å². The Morgan fingerprint density at radius 1 is 1.20 bits per heavy atom. The molecule has 0 rings (SSSR count). The van der Waals surface area contributed by atoms with Crippen LogP contribution in [-0.2, 0) is 0 Å². The Morgan fingerprint density at radius 2 is 1.70 bits per heavy atom. The van der Waals surface area contributed by atoms with Gasteiger partial charge in [-0.1, -0.05) is 6.08 Å². The van der Waals surface area contributed by atoms with Crippen LogP contribution in [0.4, 0.5) is 0 Å². The quantitative estimate of drug-likeness (QED) is 0.493. The summed E-state index contributed by atoms with van der Waals surface area (Å²) in [6.45, 7) is 5.76. The van der Waals surface area contributed by atoms with Crippen LogP contribution in [-0.4, -0.2) is 48.0 Å². The third kappa shape index (κ3) is 4.49. The Bertz CT molecular complexity index is 79.7. The van der Waals surface area contributed by atoms with Crippen LogP contribution in [0.15, 0.2) is 12.7 Å². The molecule has 3 heteroatoms. The molecule has 0 saturated carbocycles. The molecule has 0 aliphatic carbocycles. The minimum absolute atomic E-state index is 0.133. The molecule has 0 unspecified atom stereocenters. The molecule has 0 atom stereocenters. The molecule has 0 aromatic carbocycles. The van der Waals surface area contributed by atoms with E-state index in [1.54, 1.807) is 6.08 Å². The number of aliphatic hydroxyl groups is 2. The first-order valence-electron chi connectivity index (χ1n) is 3.40. The van der Waals surface area contributed by atoms with Crippen molar-refractivity contribution < 1.29 is 10.2 Å². The lowest BCUT2D eigenvalue weighted by molar-refractivity contribution is 0.172. The lowest BCUT2D eigenvalue weighted by atomic mass is 10.4. The Labute approximate surface area is 61.6 Å². The second kappa shape index (κ2) is 6.74. The third-order valence-corrected chi connectivity index (χ3v) is 1.22. The average molecular weight is 145 g/mol. The van der Waals surface area contributed by atoms with E-state index in [1.165, 1.54) is 0 Å². The van der Waals surface area contributed by atoms with Crippen molar-refractivity contribution in [2.24, 2.45) is 0 Å². The Morgan fingerprint density at radius 3 is 2.00 bits per heavy atom. The normalized spacial score (nSPS) is 10.3. The number of hydrogen-bond acceptors (Lipinski definition) is 3. The SMILES string of the molecule is C=CCN(CCO)CCO. The standard InChI is InChI=1S/C7H15NO2/c1-2-3-8(4-6-9)5-7-10/h2,9-10H,1,3-7H2. The lowest BCUT2D eigenvalue weighted by Gasteiger charge is -2.17. The third-order valence-electron chi connectivity index (χ3n) is 1.22. The highest BCUT2D eigenvalue weighted by Crippen LogP contribution is 1.85. The molecular formula is C7H15NO2. The molecule has 0 aliphatic rings. The van der Waals surface area contributed by atoms with Crippen LogP contribution in [0.25, 0.3) is 0 Å². The maximum Gasteiger partial charge on any atom is 0.0558 e. The molecule has 10 heavy (non-hydrogen) atoms. The van der Waals surface area contributed by atoms with E-state index in [4.69, 9.17) is 10.2 Å². The first-order chi connectivity index (χ1) is 4.85. The highest BCUT2D eigenvalue weighted by Gasteiger charge is 1.98. The van der Waals surface area contributed by atoms with Crippen LogP contribution in [0.5, 0.6) is 0 Å². The highest BCUT2D eigenvalue weighted by molar-refractivity contribution is 4.72. The van der Waals surface area contributed by atoms with Gasteiger partial charge in [0.05, 0.1) is 13.2 Å². The van der Waals surface area contributed by atoms with Crippen molar-refractivity contribution in [2.75, 3.05) is 32.8 Å². The van der Waals surface area contributed by atoms with Gasteiger partial charge < -0.3 is 10.2 Å². The summed E-state index contributed by atoms with van der Waals surface area (Å²) in [5, 5.41) is 17.1. The van der Waals surface area contributed by atoms with Crippen molar-refractivity contribution in [3.05, 3.63) is 12.7 Å². The fraction of sp³-hybridized carbons (Fsp3) is 0.714. The zero-order chi connectivity index (χ0) is 7.82. The van der Waals surface area contributed by atoms with Gasteiger partial charge in [0.1, 0.15) is 0 Å². The van der Waals surface area contributed by atoms with E-state index in [1.807, 2.05) is 4.90 Å². The van der Waals surface area contributed by atoms with E-state index in [0.29, 0.717) is 13.1 Å². The van der Waals surface area contributed by atoms with Gasteiger partial charge in [0.2, 0.25) is 0 Å². The second-order valence-corrected chi connectivity index (χ2v) is 2.04. The van der Waals surface area contributed by atoms with Gasteiger partial charge in [-0.25, -0.2) is 0 Å². The molecule has 0 aromatic rings. The molecule has 0 spiro atoms. The molecule has 0 aliphatic heterocycles. The van der Waals surface area contributed by atoms with Crippen molar-refractivity contribution in [1.29, 1.82) is 0 Å². The smallest absolute Gasteiger partial charge is 0.0558 e. The molecule has 0 amide bonds. The molecule has 0 radical (unpaired) electrons. The van der Waals surface area contributed by atoms with Crippen molar-refractivity contribution in [3.63, 3.8) is 0 Å². The van der Waals surface area contributed by atoms with Crippen molar-refractivity contribution in [3.8, 4) is 0 Å². The van der Waals surface area contributed by atoms with Crippen LogP contribution < -0.4 is 0 Å². The van der Waals surface area contributed by atoms with Gasteiger partial charge in [-0.2, -0.15) is 0 Å². The molecular weight excluding hydrogens is 130 g/mol. The molecule has 60 valence electrons. The first-order valence-corrected chi connectivity index (χ1v) is 3.40. The maximum atomic E-state index is 8.53. The van der Waals surface area contributed by atoms with Gasteiger partial charge in [0.15, 0.2) is 0 Å². The number of nitrogens with zero attached hydrogens (tertiary/aromatic N) is 1. The van der Waals surface area contributed by atoms with E-state index in [9.17, 15) is 0 Å². The monoisotopic (exact) mass is 145 g/mol. The van der Waals surface area contributed by atoms with Gasteiger partial charge in [-0.15, -0.1) is 6.58 Å². The molecule has 0 aromatic heterocycles. The summed E-state index contributed by atoms with van der Waals surface area (Å²) in [7, 11) is 0. The number of rotatable bonds is 6. The van der Waals surface area contributed by atoms with E-state index < -0.39 is 0 Å². The summed E-state index contributed by atoms with van der Waals surface area (Å²) in [6, 6.07) is 0. The van der Waals surface area contributed by atoms with Crippen LogP contribution in [0, 0.1) is 0 Å². The van der Waals surface area contributed by atoms with Gasteiger partial charge in [0, 0.05) is 19.6 Å². The lowest BCUT2D eigenvalue weighted by Crippen LogP contribution is -2.29. The molecule has 0 heterocycles. The first kappa shape index (κ1) is 9.62. The molecule has 0 fully saturated rings. The number of hydrogen-bond donors (Lipinski definition) is 2. The molecule has 0 saturated heterocycles. The fourth-order valence-electron chi connectivity index (χ4n) is 0.760. The number of aliphatic hydroxyl groups excluding tert-OH is 2. The Hall–Kier alpha value is -0.380. The van der Waals surface area contributed by atoms with Crippen molar-refractivity contribution in [2.45, 2.75) is 0 Å². The second-order valence-electron chi connectivity index (χ2n) is 2.04. The predicted molar refractivity (Wildman–Crippen MR) is 40.8 cm³/mol. The summed E-state index contributed by atoms with van der Waals surface area (Å²) in [5.74, 6) is 0. The Kier molecular flexibility index (Phi) is 6.48. The van der Waals surface area contributed by atoms with E-state index in [2.05, 4.69) is 6.58 Å². The van der Waals surface area contributed by atoms with E-state index >= 15 is 0 Å². The zero-order valence-electron chi connectivity index (χ0n) is 6.16. The summed E-state index contributed by atoms with van der Waals surface area (Å²) >= 11 is 0. The predicted octanol–water partition coefficient (Wildman–Crippen LogP) is -0.541. The van der Waals surface area contributed by atoms with Crippen molar-refractivity contribution in [1.82, 2.24) is 4.90 Å². The average Bonchev–Trinajstić information content (AvgIpc) is 1.90. The zero-order valence-corrected chi connectivity index (χ0v) is 6.16. The van der Waals surface area contributed by atoms with Gasteiger partial charge in [0.25, 0.3) is 0 Å². The summed E-state index contributed by atoms with van der Waals surface area (Å²) in [4.78, 5) is 1.92. The van der Waals surface area contributed by atoms with Crippen molar-refractivity contribution >= 4 is 0 Å². The molecule has 0 bridgehead atoms. The highest BCUT2D eigenvalue weighted by atomic mass is 16.3. The Balaban J connectivity index is 3.38. The summed E-state index contributed by atoms with van der Waals surface area (Å²) < 4.78 is 0. The maximum absolute atomic E-state index is 8.53. The largest absolute Gasteiger partial charge is 0.395 e. The minimum atomic E-state index is 0.133. The topological polar surface area (TPSA) is 43.7 Å². The fourth-order valence-corrected chi connectivity index (χ4v) is 0.760. The minimum Gasteiger partial charge on any atom is -0.395 e.